The zero-order valence-corrected chi connectivity index (χ0v) is 17.3. The van der Waals surface area contributed by atoms with Gasteiger partial charge < -0.3 is 10.1 Å². The Morgan fingerprint density at radius 1 is 0.964 bits per heavy atom. The number of ether oxygens (including phenoxy) is 1. The van der Waals surface area contributed by atoms with E-state index in [4.69, 9.17) is 9.72 Å². The van der Waals surface area contributed by atoms with Gasteiger partial charge in [0.1, 0.15) is 11.4 Å². The van der Waals surface area contributed by atoms with Gasteiger partial charge in [-0.15, -0.1) is 0 Å². The van der Waals surface area contributed by atoms with Gasteiger partial charge in [0.25, 0.3) is 0 Å². The second kappa shape index (κ2) is 7.24. The fourth-order valence-corrected chi connectivity index (χ4v) is 4.05. The monoisotopic (exact) mass is 389 g/mol. The van der Waals surface area contributed by atoms with Gasteiger partial charge in [0.05, 0.1) is 10.2 Å². The predicted octanol–water partition coefficient (Wildman–Crippen LogP) is 6.83. The van der Waals surface area contributed by atoms with Gasteiger partial charge in [-0.3, -0.25) is 0 Å². The van der Waals surface area contributed by atoms with Gasteiger partial charge in [-0.1, -0.05) is 62.4 Å². The van der Waals surface area contributed by atoms with E-state index in [0.717, 1.165) is 27.6 Å². The molecule has 4 rings (SSSR count). The molecule has 0 aliphatic carbocycles. The van der Waals surface area contributed by atoms with Crippen LogP contribution in [0.1, 0.15) is 31.9 Å². The summed E-state index contributed by atoms with van der Waals surface area (Å²) in [6, 6.07) is 18.1. The third-order valence-corrected chi connectivity index (χ3v) is 5.65. The summed E-state index contributed by atoms with van der Waals surface area (Å²) in [7, 11) is 0. The Bertz CT molecular complexity index is 1130. The quantitative estimate of drug-likeness (QED) is 0.415. The minimum Gasteiger partial charge on any atom is -0.437 e. The van der Waals surface area contributed by atoms with Crippen molar-refractivity contribution in [3.05, 3.63) is 71.9 Å². The van der Waals surface area contributed by atoms with Gasteiger partial charge in [-0.05, 0) is 42.2 Å². The van der Waals surface area contributed by atoms with Crippen LogP contribution in [0.25, 0.3) is 10.2 Å². The molecule has 2 aromatic carbocycles. The van der Waals surface area contributed by atoms with E-state index in [1.165, 1.54) is 10.3 Å². The number of para-hydroxylation sites is 1. The molecular weight excluding hydrogens is 366 g/mol. The molecule has 0 saturated heterocycles. The van der Waals surface area contributed by atoms with Crippen LogP contribution < -0.4 is 10.1 Å². The summed E-state index contributed by atoms with van der Waals surface area (Å²) in [5.41, 5.74) is 4.13. The normalized spacial score (nSPS) is 11.6. The molecule has 0 atom stereocenters. The largest absolute Gasteiger partial charge is 0.437 e. The fourth-order valence-electron chi connectivity index (χ4n) is 3.10. The summed E-state index contributed by atoms with van der Waals surface area (Å²) in [4.78, 5) is 9.15. The average molecular weight is 390 g/mol. The molecule has 4 aromatic rings. The maximum Gasteiger partial charge on any atom is 0.243 e. The number of thiazole rings is 1. The predicted molar refractivity (Wildman–Crippen MR) is 117 cm³/mol. The first-order valence-electron chi connectivity index (χ1n) is 9.27. The number of hydrogen-bond acceptors (Lipinski definition) is 5. The molecule has 28 heavy (non-hydrogen) atoms. The minimum absolute atomic E-state index is 0.0243. The molecule has 0 spiro atoms. The van der Waals surface area contributed by atoms with Gasteiger partial charge in [0.15, 0.2) is 5.13 Å². The average Bonchev–Trinajstić information content (AvgIpc) is 3.07. The zero-order chi connectivity index (χ0) is 19.7. The molecule has 0 aliphatic heterocycles. The topological polar surface area (TPSA) is 47.0 Å². The molecule has 1 N–H and O–H groups in total. The number of rotatable bonds is 4. The SMILES string of the molecule is Cc1cccc2nc(Nc3cccnc3Oc3ccccc3C(C)(C)C)sc12. The van der Waals surface area contributed by atoms with Crippen molar-refractivity contribution in [2.75, 3.05) is 5.32 Å². The molecular formula is C23H23N3OS. The third kappa shape index (κ3) is 3.71. The van der Waals surface area contributed by atoms with E-state index >= 15 is 0 Å². The summed E-state index contributed by atoms with van der Waals surface area (Å²) in [6.07, 6.45) is 1.74. The maximum absolute atomic E-state index is 6.24. The Morgan fingerprint density at radius 3 is 2.57 bits per heavy atom. The summed E-state index contributed by atoms with van der Waals surface area (Å²) in [5, 5.41) is 4.21. The standard InChI is InChI=1S/C23H23N3OS/c1-15-9-7-11-17-20(15)28-22(25-17)26-18-12-8-14-24-21(18)27-19-13-6-5-10-16(19)23(2,3)4/h5-14H,1-4H3,(H,25,26). The molecule has 0 amide bonds. The highest BCUT2D eigenvalue weighted by molar-refractivity contribution is 7.22. The van der Waals surface area contributed by atoms with E-state index < -0.39 is 0 Å². The number of aromatic nitrogens is 2. The molecule has 0 unspecified atom stereocenters. The second-order valence-electron chi connectivity index (χ2n) is 7.77. The maximum atomic E-state index is 6.24. The smallest absolute Gasteiger partial charge is 0.243 e. The van der Waals surface area contributed by atoms with Crippen LogP contribution in [0.2, 0.25) is 0 Å². The molecule has 0 fully saturated rings. The molecule has 2 heterocycles. The second-order valence-corrected chi connectivity index (χ2v) is 8.77. The highest BCUT2D eigenvalue weighted by atomic mass is 32.1. The van der Waals surface area contributed by atoms with E-state index in [1.807, 2.05) is 42.5 Å². The molecule has 0 aliphatic rings. The number of fused-ring (bicyclic) bond motifs is 1. The Hall–Kier alpha value is -2.92. The first-order chi connectivity index (χ1) is 13.4. The van der Waals surface area contributed by atoms with Gasteiger partial charge in [-0.25, -0.2) is 9.97 Å². The van der Waals surface area contributed by atoms with E-state index in [2.05, 4.69) is 50.1 Å². The minimum atomic E-state index is -0.0243. The van der Waals surface area contributed by atoms with Crippen LogP contribution >= 0.6 is 11.3 Å². The Balaban J connectivity index is 1.67. The first kappa shape index (κ1) is 18.4. The highest BCUT2D eigenvalue weighted by Gasteiger charge is 2.20. The zero-order valence-electron chi connectivity index (χ0n) is 16.5. The third-order valence-electron chi connectivity index (χ3n) is 4.53. The molecule has 0 saturated carbocycles. The van der Waals surface area contributed by atoms with Crippen LogP contribution in [-0.4, -0.2) is 9.97 Å². The Kier molecular flexibility index (Phi) is 4.77. The molecule has 0 radical (unpaired) electrons. The number of benzene rings is 2. The van der Waals surface area contributed by atoms with Crippen molar-refractivity contribution < 1.29 is 4.74 Å². The van der Waals surface area contributed by atoms with Crippen LogP contribution in [0.15, 0.2) is 60.8 Å². The molecule has 142 valence electrons. The van der Waals surface area contributed by atoms with E-state index in [-0.39, 0.29) is 5.41 Å². The number of nitrogens with zero attached hydrogens (tertiary/aromatic N) is 2. The lowest BCUT2D eigenvalue weighted by molar-refractivity contribution is 0.442. The van der Waals surface area contributed by atoms with E-state index in [1.54, 1.807) is 17.5 Å². The van der Waals surface area contributed by atoms with Gasteiger partial charge in [0, 0.05) is 11.8 Å². The van der Waals surface area contributed by atoms with Crippen LogP contribution in [-0.2, 0) is 5.41 Å². The van der Waals surface area contributed by atoms with E-state index in [9.17, 15) is 0 Å². The summed E-state index contributed by atoms with van der Waals surface area (Å²) in [5.74, 6) is 1.35. The van der Waals surface area contributed by atoms with Crippen LogP contribution in [0.3, 0.4) is 0 Å². The van der Waals surface area contributed by atoms with Crippen molar-refractivity contribution >= 4 is 32.4 Å². The van der Waals surface area contributed by atoms with Crippen LogP contribution in [0, 0.1) is 6.92 Å². The van der Waals surface area contributed by atoms with Gasteiger partial charge >= 0.3 is 0 Å². The van der Waals surface area contributed by atoms with Crippen LogP contribution in [0.5, 0.6) is 11.6 Å². The Morgan fingerprint density at radius 2 is 1.79 bits per heavy atom. The number of hydrogen-bond donors (Lipinski definition) is 1. The van der Waals surface area contributed by atoms with E-state index in [0.29, 0.717) is 5.88 Å². The van der Waals surface area contributed by atoms with Crippen molar-refractivity contribution in [3.63, 3.8) is 0 Å². The summed E-state index contributed by atoms with van der Waals surface area (Å²) in [6.45, 7) is 8.63. The number of nitrogens with one attached hydrogen (secondary N) is 1. The molecule has 0 bridgehead atoms. The summed E-state index contributed by atoms with van der Waals surface area (Å²) < 4.78 is 7.43. The summed E-state index contributed by atoms with van der Waals surface area (Å²) >= 11 is 1.64. The first-order valence-corrected chi connectivity index (χ1v) is 10.1. The van der Waals surface area contributed by atoms with Crippen LogP contribution in [0.4, 0.5) is 10.8 Å². The van der Waals surface area contributed by atoms with Gasteiger partial charge in [0.2, 0.25) is 5.88 Å². The molecule has 2 aromatic heterocycles. The lowest BCUT2D eigenvalue weighted by Crippen LogP contribution is -2.12. The molecule has 5 heteroatoms. The molecule has 4 nitrogen and oxygen atoms in total. The van der Waals surface area contributed by atoms with Crippen molar-refractivity contribution in [2.24, 2.45) is 0 Å². The van der Waals surface area contributed by atoms with Crippen molar-refractivity contribution in [1.29, 1.82) is 0 Å². The lowest BCUT2D eigenvalue weighted by atomic mass is 9.86. The Labute approximate surface area is 169 Å². The number of pyridine rings is 1. The van der Waals surface area contributed by atoms with Crippen molar-refractivity contribution in [3.8, 4) is 11.6 Å². The fraction of sp³-hybridized carbons (Fsp3) is 0.217. The lowest BCUT2D eigenvalue weighted by Gasteiger charge is -2.22. The van der Waals surface area contributed by atoms with Gasteiger partial charge in [-0.2, -0.15) is 0 Å². The number of anilines is 2. The number of aryl methyl sites for hydroxylation is 1. The highest BCUT2D eigenvalue weighted by Crippen LogP contribution is 2.37. The van der Waals surface area contributed by atoms with Crippen molar-refractivity contribution in [2.45, 2.75) is 33.1 Å². The van der Waals surface area contributed by atoms with Crippen molar-refractivity contribution in [1.82, 2.24) is 9.97 Å².